The molecule has 0 aromatic heterocycles. The van der Waals surface area contributed by atoms with E-state index in [4.69, 9.17) is 5.11 Å². The van der Waals surface area contributed by atoms with Crippen molar-refractivity contribution in [2.45, 2.75) is 33.8 Å². The summed E-state index contributed by atoms with van der Waals surface area (Å²) in [6.45, 7) is 9.62. The summed E-state index contributed by atoms with van der Waals surface area (Å²) >= 11 is 0. The van der Waals surface area contributed by atoms with E-state index in [1.807, 2.05) is 0 Å². The molecule has 0 aliphatic carbocycles. The quantitative estimate of drug-likeness (QED) is 0.718. The van der Waals surface area contributed by atoms with Crippen molar-refractivity contribution in [1.82, 2.24) is 0 Å². The highest BCUT2D eigenvalue weighted by molar-refractivity contribution is 5.37. The summed E-state index contributed by atoms with van der Waals surface area (Å²) in [5.74, 6) is 0. The van der Waals surface area contributed by atoms with Crippen LogP contribution in [0.5, 0.6) is 0 Å². The van der Waals surface area contributed by atoms with E-state index in [9.17, 15) is 0 Å². The van der Waals surface area contributed by atoms with Crippen LogP contribution in [0.3, 0.4) is 0 Å². The van der Waals surface area contributed by atoms with Gasteiger partial charge in [-0.3, -0.25) is 0 Å². The third-order valence-corrected chi connectivity index (χ3v) is 2.93. The number of benzene rings is 1. The molecule has 0 bridgehead atoms. The number of hydrogen-bond acceptors (Lipinski definition) is 2. The van der Waals surface area contributed by atoms with Gasteiger partial charge in [0.1, 0.15) is 6.10 Å². The number of hydrogen-bond donors (Lipinski definition) is 1. The van der Waals surface area contributed by atoms with Crippen molar-refractivity contribution < 1.29 is 9.84 Å². The molecule has 0 radical (unpaired) electrons. The monoisotopic (exact) mass is 208 g/mol. The molecule has 0 amide bonds. The Balaban J connectivity index is 0.000000187. The molecule has 1 aliphatic heterocycles. The van der Waals surface area contributed by atoms with E-state index >= 15 is 0 Å². The lowest BCUT2D eigenvalue weighted by molar-refractivity contribution is 0.244. The Hall–Kier alpha value is -0.860. The summed E-state index contributed by atoms with van der Waals surface area (Å²) < 4.78 is 4.61. The molecule has 1 fully saturated rings. The number of aliphatic hydroxyl groups is 1. The molecule has 1 saturated heterocycles. The fourth-order valence-electron chi connectivity index (χ4n) is 1.26. The second kappa shape index (κ2) is 5.29. The Morgan fingerprint density at radius 2 is 1.53 bits per heavy atom. The molecular weight excluding hydrogens is 188 g/mol. The highest BCUT2D eigenvalue weighted by atomic mass is 16.6. The van der Waals surface area contributed by atoms with E-state index < -0.39 is 0 Å². The van der Waals surface area contributed by atoms with Crippen LogP contribution in [0.25, 0.3) is 0 Å². The lowest BCUT2D eigenvalue weighted by atomic mass is 10.0. The lowest BCUT2D eigenvalue weighted by Crippen LogP contribution is -1.88. The van der Waals surface area contributed by atoms with E-state index in [1.165, 1.54) is 22.3 Å². The molecule has 1 aromatic rings. The third-order valence-electron chi connectivity index (χ3n) is 2.93. The first kappa shape index (κ1) is 12.2. The Kier molecular flexibility index (Phi) is 4.30. The molecule has 0 spiro atoms. The van der Waals surface area contributed by atoms with Crippen LogP contribution in [0.4, 0.5) is 0 Å². The van der Waals surface area contributed by atoms with Gasteiger partial charge < -0.3 is 9.84 Å². The van der Waals surface area contributed by atoms with Crippen LogP contribution >= 0.6 is 0 Å². The first-order chi connectivity index (χ1) is 7.06. The zero-order chi connectivity index (χ0) is 11.4. The van der Waals surface area contributed by atoms with E-state index in [2.05, 4.69) is 44.6 Å². The maximum atomic E-state index is 8.08. The maximum absolute atomic E-state index is 8.08. The highest BCUT2D eigenvalue weighted by Gasteiger charge is 2.19. The molecular formula is C13H20O2. The number of aryl methyl sites for hydroxylation is 2. The average molecular weight is 208 g/mol. The minimum Gasteiger partial charge on any atom is -0.394 e. The second-order valence-corrected chi connectivity index (χ2v) is 4.09. The van der Waals surface area contributed by atoms with Gasteiger partial charge in [0.05, 0.1) is 13.2 Å². The van der Waals surface area contributed by atoms with Crippen molar-refractivity contribution in [3.8, 4) is 0 Å². The molecule has 1 N–H and O–H groups in total. The first-order valence-electron chi connectivity index (χ1n) is 5.32. The molecule has 2 heteroatoms. The van der Waals surface area contributed by atoms with Crippen LogP contribution in [-0.2, 0) is 4.74 Å². The smallest absolute Gasteiger partial charge is 0.104 e. The Morgan fingerprint density at radius 1 is 1.13 bits per heavy atom. The van der Waals surface area contributed by atoms with Crippen molar-refractivity contribution in [2.24, 2.45) is 0 Å². The predicted octanol–water partition coefficient (Wildman–Crippen LogP) is 2.30. The summed E-state index contributed by atoms with van der Waals surface area (Å²) in [6, 6.07) is 4.36. The number of ether oxygens (including phenoxy) is 1. The highest BCUT2D eigenvalue weighted by Crippen LogP contribution is 2.15. The van der Waals surface area contributed by atoms with Crippen molar-refractivity contribution in [1.29, 1.82) is 0 Å². The first-order valence-corrected chi connectivity index (χ1v) is 5.32. The minimum absolute atomic E-state index is 0.190. The lowest BCUT2D eigenvalue weighted by Gasteiger charge is -2.06. The summed E-state index contributed by atoms with van der Waals surface area (Å²) in [4.78, 5) is 0. The molecule has 2 rings (SSSR count). The van der Waals surface area contributed by atoms with Crippen LogP contribution in [0.2, 0.25) is 0 Å². The van der Waals surface area contributed by atoms with Crippen molar-refractivity contribution >= 4 is 0 Å². The largest absolute Gasteiger partial charge is 0.394 e. The molecule has 2 nitrogen and oxygen atoms in total. The number of rotatable bonds is 1. The van der Waals surface area contributed by atoms with Crippen LogP contribution in [-0.4, -0.2) is 24.4 Å². The van der Waals surface area contributed by atoms with E-state index in [-0.39, 0.29) is 12.7 Å². The normalized spacial score (nSPS) is 18.1. The molecule has 84 valence electrons. The van der Waals surface area contributed by atoms with E-state index in [0.717, 1.165) is 6.61 Å². The molecule has 0 saturated carbocycles. The minimum atomic E-state index is 0.190. The van der Waals surface area contributed by atoms with Crippen LogP contribution in [0.15, 0.2) is 12.1 Å². The zero-order valence-corrected chi connectivity index (χ0v) is 10.0. The van der Waals surface area contributed by atoms with Gasteiger partial charge in [-0.25, -0.2) is 0 Å². The van der Waals surface area contributed by atoms with Crippen LogP contribution in [0.1, 0.15) is 22.3 Å². The van der Waals surface area contributed by atoms with Crippen LogP contribution in [0, 0.1) is 27.7 Å². The van der Waals surface area contributed by atoms with Gasteiger partial charge in [-0.15, -0.1) is 0 Å². The topological polar surface area (TPSA) is 32.8 Å². The zero-order valence-electron chi connectivity index (χ0n) is 10.0. The van der Waals surface area contributed by atoms with E-state index in [1.54, 1.807) is 0 Å². The summed E-state index contributed by atoms with van der Waals surface area (Å²) in [6.07, 6.45) is 0.190. The summed E-state index contributed by atoms with van der Waals surface area (Å²) in [5.41, 5.74) is 5.64. The fraction of sp³-hybridized carbons (Fsp3) is 0.538. The number of aliphatic hydroxyl groups excluding tert-OH is 1. The van der Waals surface area contributed by atoms with Crippen molar-refractivity contribution in [3.05, 3.63) is 34.4 Å². The standard InChI is InChI=1S/C10H14.C3H6O2/c1-7-5-6-8(2)10(4)9(7)3;4-1-3-2-5-3/h5-6H,1-4H3;3-4H,1-2H2. The Labute approximate surface area is 91.9 Å². The van der Waals surface area contributed by atoms with Gasteiger partial charge in [0.15, 0.2) is 0 Å². The van der Waals surface area contributed by atoms with Gasteiger partial charge in [-0.2, -0.15) is 0 Å². The third kappa shape index (κ3) is 3.65. The van der Waals surface area contributed by atoms with Crippen LogP contribution < -0.4 is 0 Å². The number of epoxide rings is 1. The fourth-order valence-corrected chi connectivity index (χ4v) is 1.26. The summed E-state index contributed by atoms with van der Waals surface area (Å²) in [7, 11) is 0. The maximum Gasteiger partial charge on any atom is 0.104 e. The Morgan fingerprint density at radius 3 is 1.73 bits per heavy atom. The Bertz CT molecular complexity index is 301. The molecule has 1 atom stereocenters. The summed E-state index contributed by atoms with van der Waals surface area (Å²) in [5, 5.41) is 8.08. The van der Waals surface area contributed by atoms with Gasteiger partial charge in [0.25, 0.3) is 0 Å². The molecule has 1 aromatic carbocycles. The molecule has 15 heavy (non-hydrogen) atoms. The van der Waals surface area contributed by atoms with Gasteiger partial charge in [-0.1, -0.05) is 12.1 Å². The van der Waals surface area contributed by atoms with Gasteiger partial charge in [-0.05, 0) is 49.9 Å². The molecule has 1 heterocycles. The SMILES string of the molecule is Cc1ccc(C)c(C)c1C.OCC1CO1. The molecule has 1 aliphatic rings. The second-order valence-electron chi connectivity index (χ2n) is 4.09. The molecule has 1 unspecified atom stereocenters. The predicted molar refractivity (Wildman–Crippen MR) is 62.2 cm³/mol. The average Bonchev–Trinajstić information content (AvgIpc) is 3.05. The van der Waals surface area contributed by atoms with Crippen molar-refractivity contribution in [2.75, 3.05) is 13.2 Å². The van der Waals surface area contributed by atoms with Gasteiger partial charge in [0, 0.05) is 0 Å². The van der Waals surface area contributed by atoms with E-state index in [0.29, 0.717) is 0 Å². The van der Waals surface area contributed by atoms with Crippen molar-refractivity contribution in [3.63, 3.8) is 0 Å². The van der Waals surface area contributed by atoms with Gasteiger partial charge in [0.2, 0.25) is 0 Å². The van der Waals surface area contributed by atoms with Gasteiger partial charge >= 0.3 is 0 Å².